The van der Waals surface area contributed by atoms with Gasteiger partial charge in [-0.05, 0) is 45.0 Å². The van der Waals surface area contributed by atoms with Gasteiger partial charge in [0.2, 0.25) is 10.0 Å². The van der Waals surface area contributed by atoms with Gasteiger partial charge in [0, 0.05) is 25.8 Å². The van der Waals surface area contributed by atoms with E-state index in [9.17, 15) is 8.42 Å². The molecule has 1 atom stereocenters. The molecule has 20 heavy (non-hydrogen) atoms. The summed E-state index contributed by atoms with van der Waals surface area (Å²) in [5, 5.41) is 3.04. The Hall–Kier alpha value is -1.18. The molecule has 1 aliphatic rings. The highest BCUT2D eigenvalue weighted by atomic mass is 32.2. The van der Waals surface area contributed by atoms with Crippen molar-refractivity contribution in [3.8, 4) is 0 Å². The van der Waals surface area contributed by atoms with Gasteiger partial charge in [-0.1, -0.05) is 0 Å². The number of hydrogen-bond donors (Lipinski definition) is 2. The quantitative estimate of drug-likeness (QED) is 0.810. The van der Waals surface area contributed by atoms with Gasteiger partial charge in [0.1, 0.15) is 10.7 Å². The van der Waals surface area contributed by atoms with E-state index in [0.717, 1.165) is 26.1 Å². The van der Waals surface area contributed by atoms with E-state index in [4.69, 9.17) is 0 Å². The summed E-state index contributed by atoms with van der Waals surface area (Å²) in [6.45, 7) is 5.19. The van der Waals surface area contributed by atoms with E-state index in [0.29, 0.717) is 18.3 Å². The van der Waals surface area contributed by atoms with Crippen LogP contribution in [-0.2, 0) is 10.0 Å². The smallest absolute Gasteiger partial charge is 0.242 e. The van der Waals surface area contributed by atoms with Crippen molar-refractivity contribution in [1.82, 2.24) is 14.6 Å². The van der Waals surface area contributed by atoms with Crippen LogP contribution in [0.5, 0.6) is 0 Å². The second kappa shape index (κ2) is 6.51. The van der Waals surface area contributed by atoms with Crippen molar-refractivity contribution >= 4 is 15.8 Å². The molecule has 112 valence electrons. The molecule has 2 rings (SSSR count). The number of nitrogens with zero attached hydrogens (tertiary/aromatic N) is 2. The monoisotopic (exact) mass is 298 g/mol. The van der Waals surface area contributed by atoms with Crippen LogP contribution in [0.3, 0.4) is 0 Å². The molecule has 1 aromatic heterocycles. The molecule has 1 unspecified atom stereocenters. The first-order valence-electron chi connectivity index (χ1n) is 6.89. The standard InChI is InChI=1S/C13H22N4O2S/c1-3-14-13-5-4-12(9-15-13)20(18,19)16-8-11-6-7-17(2)10-11/h4-5,9,11,16H,3,6-8,10H2,1-2H3,(H,14,15). The van der Waals surface area contributed by atoms with Gasteiger partial charge in [-0.25, -0.2) is 18.1 Å². The summed E-state index contributed by atoms with van der Waals surface area (Å²) in [5.41, 5.74) is 0. The molecule has 0 amide bonds. The van der Waals surface area contributed by atoms with E-state index in [1.54, 1.807) is 12.1 Å². The first-order chi connectivity index (χ1) is 9.51. The fourth-order valence-corrected chi connectivity index (χ4v) is 3.39. The predicted octanol–water partition coefficient (Wildman–Crippen LogP) is 0.743. The van der Waals surface area contributed by atoms with Gasteiger partial charge in [0.05, 0.1) is 0 Å². The average Bonchev–Trinajstić information content (AvgIpc) is 2.84. The highest BCUT2D eigenvalue weighted by molar-refractivity contribution is 7.89. The lowest BCUT2D eigenvalue weighted by atomic mass is 10.1. The lowest BCUT2D eigenvalue weighted by molar-refractivity contribution is 0.394. The van der Waals surface area contributed by atoms with Crippen molar-refractivity contribution in [1.29, 1.82) is 0 Å². The zero-order chi connectivity index (χ0) is 14.6. The minimum atomic E-state index is -3.46. The van der Waals surface area contributed by atoms with Crippen molar-refractivity contribution in [2.45, 2.75) is 18.2 Å². The molecule has 1 aliphatic heterocycles. The van der Waals surface area contributed by atoms with E-state index in [2.05, 4.69) is 27.0 Å². The second-order valence-electron chi connectivity index (χ2n) is 5.18. The molecule has 0 saturated carbocycles. The number of rotatable bonds is 6. The molecule has 0 aromatic carbocycles. The summed E-state index contributed by atoms with van der Waals surface area (Å²) >= 11 is 0. The molecule has 2 heterocycles. The van der Waals surface area contributed by atoms with Crippen molar-refractivity contribution < 1.29 is 8.42 Å². The first kappa shape index (κ1) is 15.2. The maximum absolute atomic E-state index is 12.2. The van der Waals surface area contributed by atoms with Crippen LogP contribution in [0, 0.1) is 5.92 Å². The van der Waals surface area contributed by atoms with E-state index in [1.165, 1.54) is 6.20 Å². The van der Waals surface area contributed by atoms with E-state index < -0.39 is 10.0 Å². The Morgan fingerprint density at radius 3 is 2.80 bits per heavy atom. The largest absolute Gasteiger partial charge is 0.370 e. The SMILES string of the molecule is CCNc1ccc(S(=O)(=O)NCC2CCN(C)C2)cn1. The van der Waals surface area contributed by atoms with Crippen LogP contribution in [-0.4, -0.2) is 51.5 Å². The Labute approximate surface area is 120 Å². The molecule has 0 bridgehead atoms. The molecular weight excluding hydrogens is 276 g/mol. The summed E-state index contributed by atoms with van der Waals surface area (Å²) in [5.74, 6) is 1.08. The van der Waals surface area contributed by atoms with E-state index in [-0.39, 0.29) is 4.90 Å². The lowest BCUT2D eigenvalue weighted by Crippen LogP contribution is -2.30. The molecule has 0 spiro atoms. The minimum absolute atomic E-state index is 0.213. The van der Waals surface area contributed by atoms with Gasteiger partial charge in [0.25, 0.3) is 0 Å². The summed E-state index contributed by atoms with van der Waals surface area (Å²) in [4.78, 5) is 6.52. The topological polar surface area (TPSA) is 74.3 Å². The number of sulfonamides is 1. The summed E-state index contributed by atoms with van der Waals surface area (Å²) in [7, 11) is -1.40. The Morgan fingerprint density at radius 2 is 2.25 bits per heavy atom. The summed E-state index contributed by atoms with van der Waals surface area (Å²) in [6.07, 6.45) is 2.43. The van der Waals surface area contributed by atoms with Crippen molar-refractivity contribution in [3.05, 3.63) is 18.3 Å². The number of hydrogen-bond acceptors (Lipinski definition) is 5. The third-order valence-electron chi connectivity index (χ3n) is 3.46. The predicted molar refractivity (Wildman–Crippen MR) is 79.2 cm³/mol. The van der Waals surface area contributed by atoms with Crippen molar-refractivity contribution in [2.24, 2.45) is 5.92 Å². The third kappa shape index (κ3) is 3.91. The van der Waals surface area contributed by atoms with Crippen LogP contribution in [0.4, 0.5) is 5.82 Å². The molecule has 0 aliphatic carbocycles. The molecule has 6 nitrogen and oxygen atoms in total. The number of anilines is 1. The Kier molecular flexibility index (Phi) is 4.95. The van der Waals surface area contributed by atoms with Gasteiger partial charge in [-0.15, -0.1) is 0 Å². The van der Waals surface area contributed by atoms with Crippen LogP contribution in [0.15, 0.2) is 23.2 Å². The maximum atomic E-state index is 12.2. The highest BCUT2D eigenvalue weighted by Crippen LogP contribution is 2.15. The fraction of sp³-hybridized carbons (Fsp3) is 0.615. The van der Waals surface area contributed by atoms with E-state index >= 15 is 0 Å². The summed E-state index contributed by atoms with van der Waals surface area (Å²) in [6, 6.07) is 3.26. The van der Waals surface area contributed by atoms with Crippen LogP contribution < -0.4 is 10.0 Å². The fourth-order valence-electron chi connectivity index (χ4n) is 2.33. The molecule has 1 aromatic rings. The van der Waals surface area contributed by atoms with Gasteiger partial charge < -0.3 is 10.2 Å². The zero-order valence-corrected chi connectivity index (χ0v) is 12.8. The van der Waals surface area contributed by atoms with Crippen molar-refractivity contribution in [3.63, 3.8) is 0 Å². The number of aromatic nitrogens is 1. The second-order valence-corrected chi connectivity index (χ2v) is 6.95. The molecule has 7 heteroatoms. The van der Waals surface area contributed by atoms with Crippen LogP contribution in [0.1, 0.15) is 13.3 Å². The van der Waals surface area contributed by atoms with Gasteiger partial charge in [-0.3, -0.25) is 0 Å². The zero-order valence-electron chi connectivity index (χ0n) is 12.0. The van der Waals surface area contributed by atoms with E-state index in [1.807, 2.05) is 6.92 Å². The Balaban J connectivity index is 1.95. The lowest BCUT2D eigenvalue weighted by Gasteiger charge is -2.12. The normalized spacial score (nSPS) is 20.2. The summed E-state index contributed by atoms with van der Waals surface area (Å²) < 4.78 is 27.0. The van der Waals surface area contributed by atoms with Gasteiger partial charge in [-0.2, -0.15) is 0 Å². The van der Waals surface area contributed by atoms with Gasteiger partial charge >= 0.3 is 0 Å². The van der Waals surface area contributed by atoms with Crippen LogP contribution in [0.2, 0.25) is 0 Å². The average molecular weight is 298 g/mol. The van der Waals surface area contributed by atoms with Crippen LogP contribution >= 0.6 is 0 Å². The molecule has 1 fully saturated rings. The van der Waals surface area contributed by atoms with Crippen molar-refractivity contribution in [2.75, 3.05) is 38.5 Å². The first-order valence-corrected chi connectivity index (χ1v) is 8.37. The minimum Gasteiger partial charge on any atom is -0.370 e. The molecule has 2 N–H and O–H groups in total. The van der Waals surface area contributed by atoms with Crippen LogP contribution in [0.25, 0.3) is 0 Å². The number of likely N-dealkylation sites (tertiary alicyclic amines) is 1. The third-order valence-corrected chi connectivity index (χ3v) is 4.86. The molecule has 0 radical (unpaired) electrons. The van der Waals surface area contributed by atoms with Gasteiger partial charge in [0.15, 0.2) is 0 Å². The number of pyridine rings is 1. The molecular formula is C13H22N4O2S. The maximum Gasteiger partial charge on any atom is 0.242 e. The number of nitrogens with one attached hydrogen (secondary N) is 2. The molecule has 1 saturated heterocycles. The Bertz CT molecular complexity index is 530. The Morgan fingerprint density at radius 1 is 1.45 bits per heavy atom. The highest BCUT2D eigenvalue weighted by Gasteiger charge is 2.22.